The first-order valence-electron chi connectivity index (χ1n) is 8.72. The fraction of sp³-hybridized carbons (Fsp3) is 0.143. The van der Waals surface area contributed by atoms with Gasteiger partial charge < -0.3 is 15.4 Å². The molecular weight excluding hydrogens is 398 g/mol. The molecule has 0 saturated heterocycles. The Bertz CT molecular complexity index is 1010. The summed E-state index contributed by atoms with van der Waals surface area (Å²) in [4.78, 5) is 24.3. The number of nitrogens with one attached hydrogen (secondary N) is 2. The van der Waals surface area contributed by atoms with Crippen LogP contribution in [-0.2, 0) is 9.59 Å². The van der Waals surface area contributed by atoms with Crippen molar-refractivity contribution in [3.8, 4) is 5.75 Å². The molecule has 29 heavy (non-hydrogen) atoms. The van der Waals surface area contributed by atoms with Gasteiger partial charge in [-0.25, -0.2) is 0 Å². The van der Waals surface area contributed by atoms with Gasteiger partial charge in [-0.1, -0.05) is 48.5 Å². The molecule has 0 aliphatic heterocycles. The second-order valence-corrected chi connectivity index (χ2v) is 6.98. The molecule has 0 bridgehead atoms. The number of rotatable bonds is 8. The van der Waals surface area contributed by atoms with E-state index in [4.69, 9.17) is 0 Å². The Morgan fingerprint density at radius 1 is 0.828 bits per heavy atom. The average Bonchev–Trinajstić information content (AvgIpc) is 2.69. The van der Waals surface area contributed by atoms with Crippen molar-refractivity contribution in [2.75, 3.05) is 22.1 Å². The lowest BCUT2D eigenvalue weighted by Crippen LogP contribution is -2.19. The standard InChI is InChI=1S/C21H18F2N2O3S/c22-21(23)28-18-11-4-3-9-17(18)25-20(27)13-29-12-19(26)24-16-10-5-7-14-6-1-2-8-15(14)16/h1-11,21H,12-13H2,(H,24,26)(H,25,27). The van der Waals surface area contributed by atoms with Crippen molar-refractivity contribution in [2.45, 2.75) is 6.61 Å². The van der Waals surface area contributed by atoms with Crippen LogP contribution >= 0.6 is 11.8 Å². The maximum Gasteiger partial charge on any atom is 0.387 e. The van der Waals surface area contributed by atoms with Gasteiger partial charge >= 0.3 is 6.61 Å². The van der Waals surface area contributed by atoms with Crippen molar-refractivity contribution in [1.82, 2.24) is 0 Å². The normalized spacial score (nSPS) is 10.7. The summed E-state index contributed by atoms with van der Waals surface area (Å²) < 4.78 is 29.2. The van der Waals surface area contributed by atoms with Gasteiger partial charge in [0.15, 0.2) is 0 Å². The molecule has 5 nitrogen and oxygen atoms in total. The second kappa shape index (κ2) is 9.88. The molecule has 3 rings (SSSR count). The maximum atomic E-state index is 12.4. The van der Waals surface area contributed by atoms with E-state index in [9.17, 15) is 18.4 Å². The van der Waals surface area contributed by atoms with Crippen LogP contribution in [0.15, 0.2) is 66.7 Å². The number of fused-ring (bicyclic) bond motifs is 1. The van der Waals surface area contributed by atoms with E-state index in [1.165, 1.54) is 18.2 Å². The smallest absolute Gasteiger partial charge is 0.387 e. The molecule has 0 spiro atoms. The number of hydrogen-bond acceptors (Lipinski definition) is 4. The van der Waals surface area contributed by atoms with Crippen molar-refractivity contribution in [3.63, 3.8) is 0 Å². The molecule has 0 fully saturated rings. The van der Waals surface area contributed by atoms with E-state index < -0.39 is 12.5 Å². The fourth-order valence-electron chi connectivity index (χ4n) is 2.71. The highest BCUT2D eigenvalue weighted by Crippen LogP contribution is 2.26. The highest BCUT2D eigenvalue weighted by atomic mass is 32.2. The fourth-order valence-corrected chi connectivity index (χ4v) is 3.33. The van der Waals surface area contributed by atoms with E-state index in [0.29, 0.717) is 5.69 Å². The lowest BCUT2D eigenvalue weighted by atomic mass is 10.1. The minimum absolute atomic E-state index is 0.00797. The predicted octanol–water partition coefficient (Wildman–Crippen LogP) is 4.75. The van der Waals surface area contributed by atoms with Crippen LogP contribution in [0.2, 0.25) is 0 Å². The van der Waals surface area contributed by atoms with Gasteiger partial charge in [0.2, 0.25) is 11.8 Å². The number of alkyl halides is 2. The van der Waals surface area contributed by atoms with Crippen molar-refractivity contribution in [1.29, 1.82) is 0 Å². The average molecular weight is 416 g/mol. The van der Waals surface area contributed by atoms with Crippen molar-refractivity contribution >= 4 is 45.7 Å². The second-order valence-electron chi connectivity index (χ2n) is 5.99. The number of halogens is 2. The molecule has 0 radical (unpaired) electrons. The third kappa shape index (κ3) is 5.92. The van der Waals surface area contributed by atoms with E-state index in [-0.39, 0.29) is 28.8 Å². The monoisotopic (exact) mass is 416 g/mol. The van der Waals surface area contributed by atoms with E-state index in [0.717, 1.165) is 22.5 Å². The summed E-state index contributed by atoms with van der Waals surface area (Å²) in [6.07, 6.45) is 0. The number of carbonyl (C=O) groups is 2. The van der Waals surface area contributed by atoms with Crippen LogP contribution < -0.4 is 15.4 Å². The molecule has 3 aromatic carbocycles. The van der Waals surface area contributed by atoms with Crippen LogP contribution in [0.5, 0.6) is 5.75 Å². The third-order valence-electron chi connectivity index (χ3n) is 3.91. The number of carbonyl (C=O) groups excluding carboxylic acids is 2. The van der Waals surface area contributed by atoms with Gasteiger partial charge in [0.05, 0.1) is 17.2 Å². The van der Waals surface area contributed by atoms with Crippen LogP contribution in [-0.4, -0.2) is 29.9 Å². The Morgan fingerprint density at radius 2 is 1.41 bits per heavy atom. The molecule has 0 unspecified atom stereocenters. The summed E-state index contributed by atoms with van der Waals surface area (Å²) in [6.45, 7) is -2.99. The topological polar surface area (TPSA) is 67.4 Å². The SMILES string of the molecule is O=C(CSCC(=O)Nc1cccc2ccccc12)Nc1ccccc1OC(F)F. The number of benzene rings is 3. The first-order valence-corrected chi connectivity index (χ1v) is 9.87. The first-order chi connectivity index (χ1) is 14.0. The van der Waals surface area contributed by atoms with Gasteiger partial charge in [-0.3, -0.25) is 9.59 Å². The molecule has 0 aliphatic carbocycles. The van der Waals surface area contributed by atoms with Gasteiger partial charge in [0, 0.05) is 11.1 Å². The number of para-hydroxylation sites is 2. The van der Waals surface area contributed by atoms with Gasteiger partial charge in [0.25, 0.3) is 0 Å². The van der Waals surface area contributed by atoms with Crippen molar-refractivity contribution in [3.05, 3.63) is 66.7 Å². The highest BCUT2D eigenvalue weighted by Gasteiger charge is 2.12. The summed E-state index contributed by atoms with van der Waals surface area (Å²) >= 11 is 1.12. The lowest BCUT2D eigenvalue weighted by molar-refractivity contribution is -0.114. The molecule has 0 atom stereocenters. The maximum absolute atomic E-state index is 12.4. The van der Waals surface area contributed by atoms with E-state index in [2.05, 4.69) is 15.4 Å². The van der Waals surface area contributed by atoms with Crippen molar-refractivity contribution in [2.24, 2.45) is 0 Å². The number of thioether (sulfide) groups is 1. The summed E-state index contributed by atoms with van der Waals surface area (Å²) in [5, 5.41) is 7.31. The molecule has 0 aliphatic rings. The Labute approximate surface area is 170 Å². The lowest BCUT2D eigenvalue weighted by Gasteiger charge is -2.11. The number of amides is 2. The molecule has 8 heteroatoms. The Morgan fingerprint density at radius 3 is 2.17 bits per heavy atom. The van der Waals surface area contributed by atoms with E-state index in [1.807, 2.05) is 42.5 Å². The van der Waals surface area contributed by atoms with Gasteiger partial charge in [-0.2, -0.15) is 8.78 Å². The highest BCUT2D eigenvalue weighted by molar-refractivity contribution is 8.00. The zero-order valence-electron chi connectivity index (χ0n) is 15.2. The van der Waals surface area contributed by atoms with Crippen LogP contribution in [0.1, 0.15) is 0 Å². The Kier molecular flexibility index (Phi) is 7.02. The van der Waals surface area contributed by atoms with Crippen LogP contribution in [0.3, 0.4) is 0 Å². The number of ether oxygens (including phenoxy) is 1. The molecule has 0 heterocycles. The number of hydrogen-bond donors (Lipinski definition) is 2. The third-order valence-corrected chi connectivity index (χ3v) is 4.84. The molecule has 2 amide bonds. The van der Waals surface area contributed by atoms with Crippen LogP contribution in [0.4, 0.5) is 20.2 Å². The number of anilines is 2. The van der Waals surface area contributed by atoms with Crippen LogP contribution in [0, 0.1) is 0 Å². The van der Waals surface area contributed by atoms with Gasteiger partial charge in [0.1, 0.15) is 5.75 Å². The van der Waals surface area contributed by atoms with Gasteiger partial charge in [-0.15, -0.1) is 11.8 Å². The summed E-state index contributed by atoms with van der Waals surface area (Å²) in [5.41, 5.74) is 0.856. The Balaban J connectivity index is 1.50. The van der Waals surface area contributed by atoms with E-state index >= 15 is 0 Å². The summed E-state index contributed by atoms with van der Waals surface area (Å²) in [5.74, 6) is -0.703. The van der Waals surface area contributed by atoms with Crippen LogP contribution in [0.25, 0.3) is 10.8 Å². The van der Waals surface area contributed by atoms with E-state index in [1.54, 1.807) is 6.07 Å². The molecule has 0 saturated carbocycles. The van der Waals surface area contributed by atoms with Crippen molar-refractivity contribution < 1.29 is 23.1 Å². The molecule has 3 aromatic rings. The zero-order valence-corrected chi connectivity index (χ0v) is 16.0. The Hall–Kier alpha value is -3.13. The summed E-state index contributed by atoms with van der Waals surface area (Å²) in [6, 6.07) is 19.3. The molecule has 150 valence electrons. The molecular formula is C21H18F2N2O3S. The molecule has 2 N–H and O–H groups in total. The zero-order chi connectivity index (χ0) is 20.6. The summed E-state index contributed by atoms with van der Waals surface area (Å²) in [7, 11) is 0. The molecule has 0 aromatic heterocycles. The first kappa shape index (κ1) is 20.6. The predicted molar refractivity (Wildman–Crippen MR) is 112 cm³/mol. The minimum Gasteiger partial charge on any atom is -0.433 e. The van der Waals surface area contributed by atoms with Gasteiger partial charge in [-0.05, 0) is 23.6 Å². The quantitative estimate of drug-likeness (QED) is 0.556. The minimum atomic E-state index is -2.99. The largest absolute Gasteiger partial charge is 0.433 e.